The summed E-state index contributed by atoms with van der Waals surface area (Å²) in [5, 5.41) is 0. The molecule has 2 amide bonds. The summed E-state index contributed by atoms with van der Waals surface area (Å²) in [7, 11) is 1.77. The van der Waals surface area contributed by atoms with Crippen LogP contribution in [0.15, 0.2) is 24.3 Å². The molecule has 0 N–H and O–H groups in total. The fraction of sp³-hybridized carbons (Fsp3) is 0.429. The number of hydrogen-bond donors (Lipinski definition) is 0. The van der Waals surface area contributed by atoms with E-state index in [4.69, 9.17) is 0 Å². The van der Waals surface area contributed by atoms with E-state index < -0.39 is 0 Å². The van der Waals surface area contributed by atoms with E-state index in [0.29, 0.717) is 18.7 Å². The molecule has 4 heteroatoms. The van der Waals surface area contributed by atoms with Gasteiger partial charge in [-0.2, -0.15) is 0 Å². The van der Waals surface area contributed by atoms with E-state index in [9.17, 15) is 9.59 Å². The van der Waals surface area contributed by atoms with Crippen molar-refractivity contribution in [2.45, 2.75) is 19.9 Å². The quantitative estimate of drug-likeness (QED) is 0.749. The second kappa shape index (κ2) is 4.80. The van der Waals surface area contributed by atoms with Crippen LogP contribution >= 0.6 is 0 Å². The molecule has 0 bridgehead atoms. The van der Waals surface area contributed by atoms with E-state index >= 15 is 0 Å². The Morgan fingerprint density at radius 3 is 2.72 bits per heavy atom. The number of carbonyl (C=O) groups excluding carboxylic acids is 2. The van der Waals surface area contributed by atoms with Crippen molar-refractivity contribution in [2.75, 3.05) is 20.1 Å². The van der Waals surface area contributed by atoms with E-state index in [1.807, 2.05) is 25.1 Å². The van der Waals surface area contributed by atoms with Gasteiger partial charge < -0.3 is 9.80 Å². The molecule has 1 heterocycles. The first-order valence-electron chi connectivity index (χ1n) is 6.13. The predicted octanol–water partition coefficient (Wildman–Crippen LogP) is 1.30. The van der Waals surface area contributed by atoms with Gasteiger partial charge in [0.1, 0.15) is 6.04 Å². The lowest BCUT2D eigenvalue weighted by Gasteiger charge is -2.37. The highest BCUT2D eigenvalue weighted by Gasteiger charge is 2.32. The van der Waals surface area contributed by atoms with Crippen molar-refractivity contribution in [3.8, 4) is 0 Å². The molecule has 2 rings (SSSR count). The lowest BCUT2D eigenvalue weighted by atomic mass is 10.1. The van der Waals surface area contributed by atoms with E-state index in [-0.39, 0.29) is 17.9 Å². The molecule has 1 saturated heterocycles. The lowest BCUT2D eigenvalue weighted by molar-refractivity contribution is -0.137. The summed E-state index contributed by atoms with van der Waals surface area (Å²) in [4.78, 5) is 27.6. The molecule has 1 fully saturated rings. The van der Waals surface area contributed by atoms with Crippen molar-refractivity contribution in [1.29, 1.82) is 0 Å². The van der Waals surface area contributed by atoms with Crippen LogP contribution in [0, 0.1) is 6.92 Å². The molecule has 1 aromatic carbocycles. The van der Waals surface area contributed by atoms with Gasteiger partial charge in [-0.15, -0.1) is 0 Å². The van der Waals surface area contributed by atoms with Crippen LogP contribution in [0.3, 0.4) is 0 Å². The maximum absolute atomic E-state index is 12.4. The van der Waals surface area contributed by atoms with Crippen molar-refractivity contribution in [2.24, 2.45) is 0 Å². The number of piperazine rings is 1. The first kappa shape index (κ1) is 12.6. The molecular weight excluding hydrogens is 228 g/mol. The molecule has 0 saturated carbocycles. The average Bonchev–Trinajstić information content (AvgIpc) is 2.35. The Balaban J connectivity index is 2.22. The van der Waals surface area contributed by atoms with Crippen LogP contribution in [0.25, 0.3) is 0 Å². The Bertz CT molecular complexity index is 484. The molecule has 18 heavy (non-hydrogen) atoms. The van der Waals surface area contributed by atoms with E-state index in [1.54, 1.807) is 29.8 Å². The molecule has 0 radical (unpaired) electrons. The van der Waals surface area contributed by atoms with Gasteiger partial charge in [-0.05, 0) is 26.0 Å². The number of likely N-dealkylation sites (N-methyl/N-ethyl adjacent to an activating group) is 1. The SMILES string of the molecule is Cc1cccc(C(=O)N2CCN(C)C(=O)C2C)c1. The summed E-state index contributed by atoms with van der Waals surface area (Å²) in [5.74, 6) is -0.0603. The van der Waals surface area contributed by atoms with Crippen molar-refractivity contribution < 1.29 is 9.59 Å². The number of hydrogen-bond acceptors (Lipinski definition) is 2. The number of benzene rings is 1. The summed E-state index contributed by atoms with van der Waals surface area (Å²) >= 11 is 0. The van der Waals surface area contributed by atoms with Gasteiger partial charge in [0.2, 0.25) is 5.91 Å². The van der Waals surface area contributed by atoms with Gasteiger partial charge in [0.15, 0.2) is 0 Å². The first-order chi connectivity index (χ1) is 8.50. The average molecular weight is 246 g/mol. The monoisotopic (exact) mass is 246 g/mol. The van der Waals surface area contributed by atoms with Gasteiger partial charge in [0, 0.05) is 25.7 Å². The molecule has 1 atom stereocenters. The van der Waals surface area contributed by atoms with E-state index in [1.165, 1.54) is 0 Å². The first-order valence-corrected chi connectivity index (χ1v) is 6.13. The minimum absolute atomic E-state index is 0.00209. The summed E-state index contributed by atoms with van der Waals surface area (Å²) in [5.41, 5.74) is 1.70. The van der Waals surface area contributed by atoms with Crippen LogP contribution in [0.5, 0.6) is 0 Å². The summed E-state index contributed by atoms with van der Waals surface area (Å²) in [6, 6.07) is 7.10. The summed E-state index contributed by atoms with van der Waals surface area (Å²) in [6.45, 7) is 4.93. The Hall–Kier alpha value is -1.84. The predicted molar refractivity (Wildman–Crippen MR) is 69.3 cm³/mol. The van der Waals surface area contributed by atoms with Gasteiger partial charge in [-0.3, -0.25) is 9.59 Å². The molecule has 96 valence electrons. The Labute approximate surface area is 107 Å². The number of rotatable bonds is 1. The molecule has 0 aromatic heterocycles. The third-order valence-electron chi connectivity index (χ3n) is 3.40. The zero-order chi connectivity index (χ0) is 13.3. The topological polar surface area (TPSA) is 40.6 Å². The molecular formula is C14H18N2O2. The van der Waals surface area contributed by atoms with E-state index in [0.717, 1.165) is 5.56 Å². The van der Waals surface area contributed by atoms with Crippen molar-refractivity contribution >= 4 is 11.8 Å². The highest BCUT2D eigenvalue weighted by atomic mass is 16.2. The van der Waals surface area contributed by atoms with Crippen molar-refractivity contribution in [3.63, 3.8) is 0 Å². The molecule has 0 spiro atoms. The lowest BCUT2D eigenvalue weighted by Crippen LogP contribution is -2.56. The highest BCUT2D eigenvalue weighted by Crippen LogP contribution is 2.15. The highest BCUT2D eigenvalue weighted by molar-refractivity contribution is 5.98. The Morgan fingerprint density at radius 1 is 1.33 bits per heavy atom. The fourth-order valence-corrected chi connectivity index (χ4v) is 2.24. The third-order valence-corrected chi connectivity index (χ3v) is 3.40. The molecule has 1 aliphatic rings. The van der Waals surface area contributed by atoms with Crippen LogP contribution in [0.2, 0.25) is 0 Å². The van der Waals surface area contributed by atoms with Crippen molar-refractivity contribution in [1.82, 2.24) is 9.80 Å². The minimum atomic E-state index is -0.378. The van der Waals surface area contributed by atoms with E-state index in [2.05, 4.69) is 0 Å². The largest absolute Gasteiger partial charge is 0.342 e. The zero-order valence-corrected chi connectivity index (χ0v) is 11.0. The molecule has 1 unspecified atom stereocenters. The molecule has 1 aromatic rings. The second-order valence-electron chi connectivity index (χ2n) is 4.80. The van der Waals surface area contributed by atoms with Crippen LogP contribution in [0.1, 0.15) is 22.8 Å². The van der Waals surface area contributed by atoms with Gasteiger partial charge in [0.25, 0.3) is 5.91 Å². The summed E-state index contributed by atoms with van der Waals surface area (Å²) in [6.07, 6.45) is 0. The maximum atomic E-state index is 12.4. The molecule has 4 nitrogen and oxygen atoms in total. The zero-order valence-electron chi connectivity index (χ0n) is 11.0. The smallest absolute Gasteiger partial charge is 0.254 e. The van der Waals surface area contributed by atoms with Crippen LogP contribution < -0.4 is 0 Å². The minimum Gasteiger partial charge on any atom is -0.342 e. The number of nitrogens with zero attached hydrogens (tertiary/aromatic N) is 2. The normalized spacial score (nSPS) is 20.2. The standard InChI is InChI=1S/C14H18N2O2/c1-10-5-4-6-12(9-10)14(18)16-8-7-15(3)13(17)11(16)2/h4-6,9,11H,7-8H2,1-3H3. The van der Waals surface area contributed by atoms with Gasteiger partial charge >= 0.3 is 0 Å². The summed E-state index contributed by atoms with van der Waals surface area (Å²) < 4.78 is 0. The van der Waals surface area contributed by atoms with Crippen molar-refractivity contribution in [3.05, 3.63) is 35.4 Å². The Morgan fingerprint density at radius 2 is 2.06 bits per heavy atom. The van der Waals surface area contributed by atoms with Crippen LogP contribution in [0.4, 0.5) is 0 Å². The number of amides is 2. The second-order valence-corrected chi connectivity index (χ2v) is 4.80. The molecule has 0 aliphatic carbocycles. The molecule has 1 aliphatic heterocycles. The van der Waals surface area contributed by atoms with Gasteiger partial charge in [-0.25, -0.2) is 0 Å². The van der Waals surface area contributed by atoms with Gasteiger partial charge in [0.05, 0.1) is 0 Å². The third kappa shape index (κ3) is 2.23. The maximum Gasteiger partial charge on any atom is 0.254 e. The number of carbonyl (C=O) groups is 2. The van der Waals surface area contributed by atoms with Gasteiger partial charge in [-0.1, -0.05) is 17.7 Å². The number of aryl methyl sites for hydroxylation is 1. The van der Waals surface area contributed by atoms with Crippen LogP contribution in [-0.4, -0.2) is 47.8 Å². The fourth-order valence-electron chi connectivity index (χ4n) is 2.24. The Kier molecular flexibility index (Phi) is 3.36. The van der Waals surface area contributed by atoms with Crippen LogP contribution in [-0.2, 0) is 4.79 Å².